The molecule has 3 heterocycles. The molecule has 0 unspecified atom stereocenters. The Morgan fingerprint density at radius 3 is 2.83 bits per heavy atom. The van der Waals surface area contributed by atoms with E-state index in [0.29, 0.717) is 6.42 Å². The molecule has 3 aliphatic carbocycles. The SMILES string of the molecule is CCCn1c2c(c3ccccc31)C[C@@]1(O)[C@H]3Cc4ccc(OC)c5c4[C@@]1(CCN3CC1CC1)[C@H]2O5. The number of nitrogens with zero attached hydrogens (tertiary/aromatic N) is 2. The lowest BCUT2D eigenvalue weighted by Gasteiger charge is -2.63. The van der Waals surface area contributed by atoms with E-state index in [1.165, 1.54) is 46.1 Å². The highest BCUT2D eigenvalue weighted by molar-refractivity contribution is 5.87. The zero-order chi connectivity index (χ0) is 23.5. The minimum atomic E-state index is -0.858. The summed E-state index contributed by atoms with van der Waals surface area (Å²) in [5, 5.41) is 14.3. The van der Waals surface area contributed by atoms with Gasteiger partial charge in [0.05, 0.1) is 23.8 Å². The van der Waals surface area contributed by atoms with Gasteiger partial charge in [-0.1, -0.05) is 31.2 Å². The van der Waals surface area contributed by atoms with Crippen molar-refractivity contribution in [3.63, 3.8) is 0 Å². The molecule has 0 radical (unpaired) electrons. The molecule has 4 atom stereocenters. The Balaban J connectivity index is 1.43. The molecule has 35 heavy (non-hydrogen) atoms. The van der Waals surface area contributed by atoms with Gasteiger partial charge in [-0.25, -0.2) is 0 Å². The van der Waals surface area contributed by atoms with Gasteiger partial charge >= 0.3 is 0 Å². The molecular formula is C30H34N2O3. The third-order valence-corrected chi connectivity index (χ3v) is 9.98. The number of aromatic nitrogens is 1. The number of methoxy groups -OCH3 is 1. The summed E-state index contributed by atoms with van der Waals surface area (Å²) in [6, 6.07) is 13.2. The lowest BCUT2D eigenvalue weighted by Crippen LogP contribution is -2.74. The highest BCUT2D eigenvalue weighted by Gasteiger charge is 2.73. The number of aryl methyl sites for hydroxylation is 1. The topological polar surface area (TPSA) is 46.9 Å². The second-order valence-corrected chi connectivity index (χ2v) is 11.6. The zero-order valence-electron chi connectivity index (χ0n) is 20.7. The summed E-state index contributed by atoms with van der Waals surface area (Å²) in [5.74, 6) is 2.49. The van der Waals surface area contributed by atoms with Crippen LogP contribution in [0.4, 0.5) is 0 Å². The summed E-state index contributed by atoms with van der Waals surface area (Å²) in [6.07, 6.45) is 6.06. The van der Waals surface area contributed by atoms with Crippen molar-refractivity contribution in [2.75, 3.05) is 20.2 Å². The predicted molar refractivity (Wildman–Crippen MR) is 135 cm³/mol. The van der Waals surface area contributed by atoms with Gasteiger partial charge in [0.25, 0.3) is 0 Å². The molecule has 5 aliphatic rings. The van der Waals surface area contributed by atoms with Gasteiger partial charge in [0.15, 0.2) is 17.6 Å². The van der Waals surface area contributed by atoms with E-state index in [2.05, 4.69) is 52.8 Å². The van der Waals surface area contributed by atoms with Gasteiger partial charge in [0, 0.05) is 42.0 Å². The van der Waals surface area contributed by atoms with Crippen LogP contribution in [0.25, 0.3) is 10.9 Å². The number of likely N-dealkylation sites (tertiary alicyclic amines) is 1. The van der Waals surface area contributed by atoms with E-state index in [4.69, 9.17) is 9.47 Å². The smallest absolute Gasteiger partial charge is 0.166 e. The number of hydrogen-bond acceptors (Lipinski definition) is 4. The van der Waals surface area contributed by atoms with Crippen molar-refractivity contribution >= 4 is 10.9 Å². The first kappa shape index (κ1) is 20.7. The van der Waals surface area contributed by atoms with Crippen LogP contribution < -0.4 is 9.47 Å². The van der Waals surface area contributed by atoms with E-state index in [9.17, 15) is 5.11 Å². The van der Waals surface area contributed by atoms with Crippen molar-refractivity contribution in [3.05, 3.63) is 58.8 Å². The van der Waals surface area contributed by atoms with Gasteiger partial charge in [0.2, 0.25) is 0 Å². The molecule has 2 bridgehead atoms. The highest BCUT2D eigenvalue weighted by Crippen LogP contribution is 2.69. The number of rotatable bonds is 5. The number of piperidine rings is 1. The first-order chi connectivity index (χ1) is 17.1. The summed E-state index contributed by atoms with van der Waals surface area (Å²) in [5.41, 5.74) is 5.16. The van der Waals surface area contributed by atoms with Crippen molar-refractivity contribution in [1.29, 1.82) is 0 Å². The largest absolute Gasteiger partial charge is 0.493 e. The van der Waals surface area contributed by atoms with Crippen LogP contribution in [-0.2, 0) is 24.8 Å². The lowest BCUT2D eigenvalue weighted by molar-refractivity contribution is -0.173. The lowest BCUT2D eigenvalue weighted by atomic mass is 9.49. The quantitative estimate of drug-likeness (QED) is 0.584. The molecule has 2 fully saturated rings. The number of aliphatic hydroxyl groups is 1. The van der Waals surface area contributed by atoms with Gasteiger partial charge in [-0.15, -0.1) is 0 Å². The summed E-state index contributed by atoms with van der Waals surface area (Å²) < 4.78 is 15.3. The molecule has 1 N–H and O–H groups in total. The fourth-order valence-corrected chi connectivity index (χ4v) is 8.42. The second-order valence-electron chi connectivity index (χ2n) is 11.6. The Hall–Kier alpha value is -2.50. The van der Waals surface area contributed by atoms with Gasteiger partial charge in [-0.05, 0) is 67.8 Å². The number of para-hydroxylation sites is 1. The predicted octanol–water partition coefficient (Wildman–Crippen LogP) is 4.76. The minimum Gasteiger partial charge on any atom is -0.493 e. The average molecular weight is 471 g/mol. The number of fused-ring (bicyclic) bond motifs is 4. The third kappa shape index (κ3) is 2.37. The maximum absolute atomic E-state index is 13.1. The average Bonchev–Trinajstić information content (AvgIpc) is 3.54. The van der Waals surface area contributed by atoms with Crippen LogP contribution in [-0.4, -0.2) is 46.4 Å². The molecule has 1 aromatic heterocycles. The second kappa shape index (κ2) is 6.83. The summed E-state index contributed by atoms with van der Waals surface area (Å²) >= 11 is 0. The molecular weight excluding hydrogens is 436 g/mol. The van der Waals surface area contributed by atoms with Crippen molar-refractivity contribution < 1.29 is 14.6 Å². The van der Waals surface area contributed by atoms with Crippen LogP contribution in [0.15, 0.2) is 36.4 Å². The van der Waals surface area contributed by atoms with Crippen LogP contribution in [0.1, 0.15) is 61.1 Å². The molecule has 1 spiro atoms. The third-order valence-electron chi connectivity index (χ3n) is 9.98. The maximum Gasteiger partial charge on any atom is 0.166 e. The van der Waals surface area contributed by atoms with Crippen molar-refractivity contribution in [3.8, 4) is 11.5 Å². The first-order valence-corrected chi connectivity index (χ1v) is 13.5. The van der Waals surface area contributed by atoms with Crippen LogP contribution in [0.3, 0.4) is 0 Å². The Labute approximate surface area is 206 Å². The molecule has 5 nitrogen and oxygen atoms in total. The van der Waals surface area contributed by atoms with E-state index >= 15 is 0 Å². The molecule has 2 aliphatic heterocycles. The van der Waals surface area contributed by atoms with E-state index in [1.807, 2.05) is 0 Å². The van der Waals surface area contributed by atoms with Gasteiger partial charge < -0.3 is 19.1 Å². The minimum absolute atomic E-state index is 0.122. The number of ether oxygens (including phenoxy) is 2. The molecule has 0 amide bonds. The van der Waals surface area contributed by atoms with Crippen LogP contribution in [0.5, 0.6) is 11.5 Å². The number of benzene rings is 2. The standard InChI is InChI=1S/C30H34N2O3/c1-3-13-32-22-7-5-4-6-20(22)21-16-30(33)24-15-19-10-11-23(34-2)27-25(19)29(30,28(35-27)26(21)32)12-14-31(24)17-18-8-9-18/h4-7,10-11,18,24,28,33H,3,8-9,12-17H2,1-2H3/t24-,28+,29+,30-/m1/s1. The highest BCUT2D eigenvalue weighted by atomic mass is 16.5. The molecule has 8 rings (SSSR count). The van der Waals surface area contributed by atoms with Crippen molar-refractivity contribution in [2.24, 2.45) is 5.92 Å². The Morgan fingerprint density at radius 1 is 1.17 bits per heavy atom. The monoisotopic (exact) mass is 470 g/mol. The van der Waals surface area contributed by atoms with Gasteiger partial charge in [-0.3, -0.25) is 4.90 Å². The van der Waals surface area contributed by atoms with E-state index in [1.54, 1.807) is 7.11 Å². The van der Waals surface area contributed by atoms with Crippen LogP contribution >= 0.6 is 0 Å². The summed E-state index contributed by atoms with van der Waals surface area (Å²) in [7, 11) is 1.73. The van der Waals surface area contributed by atoms with E-state index in [0.717, 1.165) is 56.3 Å². The Morgan fingerprint density at radius 2 is 2.03 bits per heavy atom. The fraction of sp³-hybridized carbons (Fsp3) is 0.533. The molecule has 5 heteroatoms. The molecule has 2 aromatic carbocycles. The zero-order valence-corrected chi connectivity index (χ0v) is 20.7. The van der Waals surface area contributed by atoms with E-state index < -0.39 is 11.0 Å². The fourth-order valence-electron chi connectivity index (χ4n) is 8.42. The maximum atomic E-state index is 13.1. The number of hydrogen-bond donors (Lipinski definition) is 1. The molecule has 1 saturated heterocycles. The normalized spacial score (nSPS) is 32.3. The molecule has 3 aromatic rings. The van der Waals surface area contributed by atoms with Crippen molar-refractivity contribution in [2.45, 2.75) is 75.2 Å². The van der Waals surface area contributed by atoms with E-state index in [-0.39, 0.29) is 12.1 Å². The molecule has 182 valence electrons. The first-order valence-electron chi connectivity index (χ1n) is 13.5. The van der Waals surface area contributed by atoms with Gasteiger partial charge in [-0.2, -0.15) is 0 Å². The molecule has 1 saturated carbocycles. The summed E-state index contributed by atoms with van der Waals surface area (Å²) in [6.45, 7) is 5.36. The van der Waals surface area contributed by atoms with Crippen molar-refractivity contribution in [1.82, 2.24) is 9.47 Å². The van der Waals surface area contributed by atoms with Crippen LogP contribution in [0, 0.1) is 5.92 Å². The Bertz CT molecular complexity index is 1370. The van der Waals surface area contributed by atoms with Gasteiger partial charge in [0.1, 0.15) is 0 Å². The summed E-state index contributed by atoms with van der Waals surface area (Å²) in [4.78, 5) is 2.64. The Kier molecular flexibility index (Phi) is 4.03. The van der Waals surface area contributed by atoms with Crippen LogP contribution in [0.2, 0.25) is 0 Å².